The van der Waals surface area contributed by atoms with Crippen LogP contribution in [0.3, 0.4) is 0 Å². The summed E-state index contributed by atoms with van der Waals surface area (Å²) in [5, 5.41) is 11.3. The maximum atomic E-state index is 6.95. The highest BCUT2D eigenvalue weighted by Gasteiger charge is 2.27. The van der Waals surface area contributed by atoms with E-state index in [2.05, 4.69) is 345 Å². The molecule has 16 aromatic rings. The third-order valence-corrected chi connectivity index (χ3v) is 19.2. The van der Waals surface area contributed by atoms with E-state index < -0.39 is 0 Å². The highest BCUT2D eigenvalue weighted by atomic mass is 16.3. The molecule has 12 aromatic carbocycles. The van der Waals surface area contributed by atoms with Crippen molar-refractivity contribution in [2.75, 3.05) is 9.80 Å². The second kappa shape index (κ2) is 20.6. The Morgan fingerprint density at radius 3 is 0.902 bits per heavy atom. The molecule has 0 aliphatic rings. The third-order valence-electron chi connectivity index (χ3n) is 19.2. The first-order valence-corrected chi connectivity index (χ1v) is 32.5. The second-order valence-corrected chi connectivity index (χ2v) is 29.6. The first-order chi connectivity index (χ1) is 44.1. The topological polar surface area (TPSA) is 42.6 Å². The molecule has 0 N–H and O–H groups in total. The highest BCUT2D eigenvalue weighted by molar-refractivity contribution is 6.17. The van der Waals surface area contributed by atoms with Crippen molar-refractivity contribution in [3.8, 4) is 11.4 Å². The SMILES string of the molecule is CC(C)(C)c1cc(-n2c3ccccc3c3ccc(N(c4ccccc4)c4ccc5c(c4)oc4cc6cc7c(cc6cc45)oc4cc(N(c5ccccc5)c5ccc6c8ccccc8n(-c8cc(C(C)(C)C)cc(C(C)(C)C)c8)c6c5)ccc47)cc32)cc(C(C)(C)C)c1. The molecule has 92 heavy (non-hydrogen) atoms. The molecule has 0 fully saturated rings. The van der Waals surface area contributed by atoms with Crippen LogP contribution in [0.1, 0.15) is 105 Å². The molecule has 0 aliphatic heterocycles. The van der Waals surface area contributed by atoms with Crippen molar-refractivity contribution in [1.29, 1.82) is 0 Å². The molecule has 0 saturated heterocycles. The first kappa shape index (κ1) is 56.9. The van der Waals surface area contributed by atoms with Gasteiger partial charge in [-0.3, -0.25) is 0 Å². The number of anilines is 6. The number of rotatable bonds is 8. The number of hydrogen-bond donors (Lipinski definition) is 0. The number of benzene rings is 12. The minimum Gasteiger partial charge on any atom is -0.456 e. The summed E-state index contributed by atoms with van der Waals surface area (Å²) in [6, 6.07) is 89.6. The van der Waals surface area contributed by atoms with Gasteiger partial charge in [0.2, 0.25) is 0 Å². The molecule has 16 rings (SSSR count). The number of fused-ring (bicyclic) bond motifs is 13. The van der Waals surface area contributed by atoms with Gasteiger partial charge >= 0.3 is 0 Å². The second-order valence-electron chi connectivity index (χ2n) is 29.6. The van der Waals surface area contributed by atoms with Crippen LogP contribution in [-0.4, -0.2) is 9.13 Å². The van der Waals surface area contributed by atoms with Crippen LogP contribution in [0.25, 0.3) is 110 Å². The minimum absolute atomic E-state index is 0.0337. The Morgan fingerprint density at radius 2 is 0.543 bits per heavy atom. The van der Waals surface area contributed by atoms with Crippen LogP contribution in [-0.2, 0) is 21.7 Å². The molecule has 4 heterocycles. The molecule has 4 aromatic heterocycles. The van der Waals surface area contributed by atoms with Gasteiger partial charge in [-0.15, -0.1) is 0 Å². The fourth-order valence-electron chi connectivity index (χ4n) is 14.1. The summed E-state index contributed by atoms with van der Waals surface area (Å²) in [6.45, 7) is 27.8. The van der Waals surface area contributed by atoms with Crippen LogP contribution in [0.15, 0.2) is 251 Å². The summed E-state index contributed by atoms with van der Waals surface area (Å²) in [6.07, 6.45) is 0. The van der Waals surface area contributed by atoms with Crippen LogP contribution in [0.4, 0.5) is 34.1 Å². The molecule has 0 radical (unpaired) electrons. The van der Waals surface area contributed by atoms with Crippen molar-refractivity contribution >= 4 is 132 Å². The van der Waals surface area contributed by atoms with Crippen LogP contribution < -0.4 is 9.80 Å². The summed E-state index contributed by atoms with van der Waals surface area (Å²) in [5.41, 5.74) is 21.8. The van der Waals surface area contributed by atoms with Gasteiger partial charge in [-0.2, -0.15) is 0 Å². The van der Waals surface area contributed by atoms with Crippen molar-refractivity contribution < 1.29 is 8.83 Å². The largest absolute Gasteiger partial charge is 0.456 e. The molecule has 0 amide bonds. The van der Waals surface area contributed by atoms with E-state index in [1.165, 1.54) is 66.2 Å². The lowest BCUT2D eigenvalue weighted by Crippen LogP contribution is -2.17. The van der Waals surface area contributed by atoms with E-state index in [0.717, 1.165) is 99.8 Å². The van der Waals surface area contributed by atoms with E-state index in [-0.39, 0.29) is 21.7 Å². The number of para-hydroxylation sites is 4. The molecule has 0 bridgehead atoms. The minimum atomic E-state index is -0.0337. The monoisotopic (exact) mass is 1200 g/mol. The summed E-state index contributed by atoms with van der Waals surface area (Å²) >= 11 is 0. The van der Waals surface area contributed by atoms with Crippen molar-refractivity contribution in [1.82, 2.24) is 9.13 Å². The first-order valence-electron chi connectivity index (χ1n) is 32.5. The maximum absolute atomic E-state index is 6.95. The van der Waals surface area contributed by atoms with Crippen molar-refractivity contribution in [2.45, 2.75) is 105 Å². The zero-order valence-electron chi connectivity index (χ0n) is 54.7. The average molecular weight is 1200 g/mol. The van der Waals surface area contributed by atoms with E-state index in [0.29, 0.717) is 0 Å². The fraction of sp³-hybridized carbons (Fsp3) is 0.186. The zero-order chi connectivity index (χ0) is 63.3. The predicted molar refractivity (Wildman–Crippen MR) is 391 cm³/mol. The maximum Gasteiger partial charge on any atom is 0.137 e. The lowest BCUT2D eigenvalue weighted by Gasteiger charge is -2.27. The Balaban J connectivity index is 0.787. The van der Waals surface area contributed by atoms with E-state index in [4.69, 9.17) is 8.83 Å². The van der Waals surface area contributed by atoms with Gasteiger partial charge in [0.05, 0.1) is 22.1 Å². The summed E-state index contributed by atoms with van der Waals surface area (Å²) < 4.78 is 18.8. The van der Waals surface area contributed by atoms with Gasteiger partial charge in [0, 0.05) is 101 Å². The Kier molecular flexibility index (Phi) is 12.7. The Morgan fingerprint density at radius 1 is 0.239 bits per heavy atom. The molecule has 452 valence electrons. The van der Waals surface area contributed by atoms with Crippen LogP contribution >= 0.6 is 0 Å². The third kappa shape index (κ3) is 9.52. The average Bonchev–Trinajstić information content (AvgIpc) is 1.59. The summed E-state index contributed by atoms with van der Waals surface area (Å²) in [4.78, 5) is 4.71. The van der Waals surface area contributed by atoms with Crippen LogP contribution in [0.5, 0.6) is 0 Å². The van der Waals surface area contributed by atoms with Gasteiger partial charge in [-0.1, -0.05) is 180 Å². The lowest BCUT2D eigenvalue weighted by molar-refractivity contribution is 0.567. The quantitative estimate of drug-likeness (QED) is 0.152. The fourth-order valence-corrected chi connectivity index (χ4v) is 14.1. The van der Waals surface area contributed by atoms with E-state index in [1.54, 1.807) is 0 Å². The molecular weight excluding hydrogens is 1120 g/mol. The van der Waals surface area contributed by atoms with E-state index >= 15 is 0 Å². The molecule has 0 atom stereocenters. The van der Waals surface area contributed by atoms with Gasteiger partial charge in [0.25, 0.3) is 0 Å². The molecule has 6 nitrogen and oxygen atoms in total. The van der Waals surface area contributed by atoms with Crippen molar-refractivity contribution in [3.63, 3.8) is 0 Å². The normalized spacial score (nSPS) is 12.8. The molecule has 0 unspecified atom stereocenters. The van der Waals surface area contributed by atoms with Gasteiger partial charge in [-0.05, 0) is 188 Å². The van der Waals surface area contributed by atoms with Gasteiger partial charge in [0.1, 0.15) is 22.3 Å². The van der Waals surface area contributed by atoms with E-state index in [1.807, 2.05) is 0 Å². The molecule has 0 aliphatic carbocycles. The van der Waals surface area contributed by atoms with Gasteiger partial charge in [0.15, 0.2) is 0 Å². The summed E-state index contributed by atoms with van der Waals surface area (Å²) in [5.74, 6) is 0. The van der Waals surface area contributed by atoms with E-state index in [9.17, 15) is 0 Å². The highest BCUT2D eigenvalue weighted by Crippen LogP contribution is 2.47. The Labute approximate surface area is 538 Å². The smallest absolute Gasteiger partial charge is 0.137 e. The zero-order valence-corrected chi connectivity index (χ0v) is 54.7. The van der Waals surface area contributed by atoms with Crippen LogP contribution in [0.2, 0.25) is 0 Å². The Bertz CT molecular complexity index is 5210. The Hall–Kier alpha value is -10.3. The number of hydrogen-bond acceptors (Lipinski definition) is 4. The lowest BCUT2D eigenvalue weighted by atomic mass is 9.80. The molecule has 0 spiro atoms. The van der Waals surface area contributed by atoms with Crippen LogP contribution in [0, 0.1) is 0 Å². The van der Waals surface area contributed by atoms with Crippen molar-refractivity contribution in [3.05, 3.63) is 265 Å². The van der Waals surface area contributed by atoms with Crippen molar-refractivity contribution in [2.24, 2.45) is 0 Å². The summed E-state index contributed by atoms with van der Waals surface area (Å²) in [7, 11) is 0. The van der Waals surface area contributed by atoms with Gasteiger partial charge < -0.3 is 27.8 Å². The predicted octanol–water partition coefficient (Wildman–Crippen LogP) is 25.0. The standard InChI is InChI=1S/C86H76N4O2/c1-83(2,3)55-43-56(84(4,5)6)46-65(45-55)89-75-29-21-19-27-67(75)69-35-31-61(49-77(69)89)87(59-23-15-13-16-24-59)63-33-37-71-73-39-53-42-80-74(40-54(53)41-79(73)91-81(71)51-63)72-38-34-64(52-82(72)92-80)88(60-25-17-14-18-26-60)62-32-36-70-68-28-20-22-30-76(68)90(78(70)50-62)66-47-57(85(7,8)9)44-58(48-66)86(10,11)12/h13-52H,1-12H3. The molecule has 6 heteroatoms. The number of aromatic nitrogens is 2. The van der Waals surface area contributed by atoms with Gasteiger partial charge in [-0.25, -0.2) is 0 Å². The molecular formula is C86H76N4O2. The molecule has 0 saturated carbocycles. The number of nitrogens with zero attached hydrogens (tertiary/aromatic N) is 4. The number of furan rings is 2.